The fraction of sp³-hybridized carbons (Fsp3) is 0.333. The predicted molar refractivity (Wildman–Crippen MR) is 93.9 cm³/mol. The number of hydrogen-bond donors (Lipinski definition) is 1. The van der Waals surface area contributed by atoms with Crippen molar-refractivity contribution in [3.8, 4) is 5.75 Å². The molecule has 0 aliphatic rings. The lowest BCUT2D eigenvalue weighted by Gasteiger charge is -2.25. The van der Waals surface area contributed by atoms with E-state index in [-0.39, 0.29) is 16.8 Å². The zero-order valence-corrected chi connectivity index (χ0v) is 15.5. The molecular weight excluding hydrogens is 356 g/mol. The first-order chi connectivity index (χ1) is 10.8. The molecule has 0 saturated carbocycles. The zero-order chi connectivity index (χ0) is 17.0. The number of rotatable bonds is 7. The standard InChI is InChI=1S/C15H19ClN2O3S2/c1-18(2)13(11-4-6-12(21-3)7-5-11)10-17-23(19,20)15-9-8-14(16)22-15/h4-9,13,17H,10H2,1-3H3. The Hall–Kier alpha value is -1.12. The van der Waals surface area contributed by atoms with Crippen molar-refractivity contribution in [1.29, 1.82) is 0 Å². The van der Waals surface area contributed by atoms with Crippen LogP contribution in [0.15, 0.2) is 40.6 Å². The maximum atomic E-state index is 12.3. The average molecular weight is 375 g/mol. The second-order valence-electron chi connectivity index (χ2n) is 5.16. The van der Waals surface area contributed by atoms with Gasteiger partial charge in [0, 0.05) is 12.6 Å². The Labute approximate surface area is 145 Å². The van der Waals surface area contributed by atoms with Crippen LogP contribution in [0.5, 0.6) is 5.75 Å². The molecular formula is C15H19ClN2O3S2. The van der Waals surface area contributed by atoms with Crippen LogP contribution in [0, 0.1) is 0 Å². The topological polar surface area (TPSA) is 58.6 Å². The van der Waals surface area contributed by atoms with Gasteiger partial charge in [0.15, 0.2) is 0 Å². The highest BCUT2D eigenvalue weighted by molar-refractivity contribution is 7.91. The number of hydrogen-bond acceptors (Lipinski definition) is 5. The molecule has 0 amide bonds. The SMILES string of the molecule is COc1ccc(C(CNS(=O)(=O)c2ccc(Cl)s2)N(C)C)cc1. The van der Waals surface area contributed by atoms with Crippen LogP contribution < -0.4 is 9.46 Å². The van der Waals surface area contributed by atoms with Crippen molar-refractivity contribution in [2.24, 2.45) is 0 Å². The molecule has 0 bridgehead atoms. The summed E-state index contributed by atoms with van der Waals surface area (Å²) in [5.41, 5.74) is 1.00. The average Bonchev–Trinajstić information content (AvgIpc) is 2.95. The molecule has 1 heterocycles. The van der Waals surface area contributed by atoms with Crippen molar-refractivity contribution in [2.45, 2.75) is 10.3 Å². The summed E-state index contributed by atoms with van der Waals surface area (Å²) in [5, 5.41) is 0. The van der Waals surface area contributed by atoms with E-state index in [4.69, 9.17) is 16.3 Å². The molecule has 2 aromatic rings. The fourth-order valence-corrected chi connectivity index (χ4v) is 4.69. The minimum Gasteiger partial charge on any atom is -0.497 e. The van der Waals surface area contributed by atoms with Crippen molar-refractivity contribution in [3.63, 3.8) is 0 Å². The first-order valence-electron chi connectivity index (χ1n) is 6.89. The number of thiophene rings is 1. The number of benzene rings is 1. The molecule has 23 heavy (non-hydrogen) atoms. The Bertz CT molecular complexity index is 742. The highest BCUT2D eigenvalue weighted by atomic mass is 35.5. The molecule has 2 rings (SSSR count). The molecule has 0 aliphatic carbocycles. The van der Waals surface area contributed by atoms with Gasteiger partial charge >= 0.3 is 0 Å². The molecule has 8 heteroatoms. The second-order valence-corrected chi connectivity index (χ2v) is 8.87. The molecule has 0 saturated heterocycles. The quantitative estimate of drug-likeness (QED) is 0.809. The van der Waals surface area contributed by atoms with Crippen molar-refractivity contribution in [2.75, 3.05) is 27.7 Å². The number of sulfonamides is 1. The molecule has 0 spiro atoms. The Morgan fingerprint density at radius 1 is 1.22 bits per heavy atom. The predicted octanol–water partition coefficient (Wildman–Crippen LogP) is 2.99. The van der Waals surface area contributed by atoms with Gasteiger partial charge in [-0.2, -0.15) is 0 Å². The van der Waals surface area contributed by atoms with Crippen molar-refractivity contribution >= 4 is 33.0 Å². The van der Waals surface area contributed by atoms with Crippen LogP contribution in [-0.4, -0.2) is 41.1 Å². The summed E-state index contributed by atoms with van der Waals surface area (Å²) in [7, 11) is 1.87. The van der Waals surface area contributed by atoms with E-state index in [0.29, 0.717) is 4.34 Å². The van der Waals surface area contributed by atoms with Gasteiger partial charge in [-0.05, 0) is 43.9 Å². The Morgan fingerprint density at radius 3 is 2.35 bits per heavy atom. The third kappa shape index (κ3) is 4.68. The Balaban J connectivity index is 2.13. The summed E-state index contributed by atoms with van der Waals surface area (Å²) in [5.74, 6) is 0.764. The van der Waals surface area contributed by atoms with E-state index in [0.717, 1.165) is 22.6 Å². The van der Waals surface area contributed by atoms with Gasteiger partial charge in [-0.1, -0.05) is 23.7 Å². The van der Waals surface area contributed by atoms with Gasteiger partial charge < -0.3 is 9.64 Å². The molecule has 0 radical (unpaired) electrons. The van der Waals surface area contributed by atoms with Gasteiger partial charge in [0.1, 0.15) is 9.96 Å². The molecule has 1 atom stereocenters. The van der Waals surface area contributed by atoms with Gasteiger partial charge in [-0.3, -0.25) is 0 Å². The third-order valence-electron chi connectivity index (χ3n) is 3.40. The second kappa shape index (κ2) is 7.63. The number of nitrogens with one attached hydrogen (secondary N) is 1. The summed E-state index contributed by atoms with van der Waals surface area (Å²) < 4.78 is 33.1. The van der Waals surface area contributed by atoms with Gasteiger partial charge in [-0.15, -0.1) is 11.3 Å². The van der Waals surface area contributed by atoms with Gasteiger partial charge in [0.25, 0.3) is 0 Å². The van der Waals surface area contributed by atoms with E-state index < -0.39 is 10.0 Å². The first kappa shape index (κ1) is 18.2. The van der Waals surface area contributed by atoms with Gasteiger partial charge in [0.2, 0.25) is 10.0 Å². The summed E-state index contributed by atoms with van der Waals surface area (Å²) in [6.07, 6.45) is 0. The fourth-order valence-electron chi connectivity index (χ4n) is 2.13. The van der Waals surface area contributed by atoms with E-state index in [1.807, 2.05) is 43.3 Å². The maximum absolute atomic E-state index is 12.3. The molecule has 0 fully saturated rings. The lowest BCUT2D eigenvalue weighted by molar-refractivity contribution is 0.299. The normalized spacial score (nSPS) is 13.3. The summed E-state index contributed by atoms with van der Waals surface area (Å²) in [4.78, 5) is 1.96. The third-order valence-corrected chi connectivity index (χ3v) is 6.55. The lowest BCUT2D eigenvalue weighted by Crippen LogP contribution is -2.34. The number of ether oxygens (including phenoxy) is 1. The van der Waals surface area contributed by atoms with E-state index >= 15 is 0 Å². The molecule has 0 aliphatic heterocycles. The largest absolute Gasteiger partial charge is 0.497 e. The van der Waals surface area contributed by atoms with Crippen LogP contribution in [0.3, 0.4) is 0 Å². The van der Waals surface area contributed by atoms with Crippen LogP contribution in [0.2, 0.25) is 4.34 Å². The van der Waals surface area contributed by atoms with E-state index in [1.54, 1.807) is 13.2 Å². The van der Waals surface area contributed by atoms with Crippen molar-refractivity contribution in [1.82, 2.24) is 9.62 Å². The van der Waals surface area contributed by atoms with Crippen molar-refractivity contribution < 1.29 is 13.2 Å². The van der Waals surface area contributed by atoms with Crippen LogP contribution in [0.25, 0.3) is 0 Å². The maximum Gasteiger partial charge on any atom is 0.250 e. The van der Waals surface area contributed by atoms with Crippen LogP contribution in [0.4, 0.5) is 0 Å². The molecule has 1 aromatic carbocycles. The Kier molecular flexibility index (Phi) is 6.05. The van der Waals surface area contributed by atoms with Crippen LogP contribution in [-0.2, 0) is 10.0 Å². The van der Waals surface area contributed by atoms with Gasteiger partial charge in [-0.25, -0.2) is 13.1 Å². The summed E-state index contributed by atoms with van der Waals surface area (Å²) in [6, 6.07) is 10.6. The first-order valence-corrected chi connectivity index (χ1v) is 9.56. The smallest absolute Gasteiger partial charge is 0.250 e. The highest BCUT2D eigenvalue weighted by Crippen LogP contribution is 2.26. The van der Waals surface area contributed by atoms with Crippen LogP contribution in [0.1, 0.15) is 11.6 Å². The van der Waals surface area contributed by atoms with E-state index in [2.05, 4.69) is 4.72 Å². The summed E-state index contributed by atoms with van der Waals surface area (Å²) in [6.45, 7) is 0.261. The molecule has 5 nitrogen and oxygen atoms in total. The highest BCUT2D eigenvalue weighted by Gasteiger charge is 2.21. The lowest BCUT2D eigenvalue weighted by atomic mass is 10.1. The molecule has 1 unspecified atom stereocenters. The Morgan fingerprint density at radius 2 is 1.87 bits per heavy atom. The van der Waals surface area contributed by atoms with E-state index in [9.17, 15) is 8.42 Å². The molecule has 126 valence electrons. The monoisotopic (exact) mass is 374 g/mol. The number of halogens is 1. The number of methoxy groups -OCH3 is 1. The zero-order valence-electron chi connectivity index (χ0n) is 13.1. The van der Waals surface area contributed by atoms with Crippen molar-refractivity contribution in [3.05, 3.63) is 46.3 Å². The number of nitrogens with zero attached hydrogens (tertiary/aromatic N) is 1. The van der Waals surface area contributed by atoms with Crippen LogP contribution >= 0.6 is 22.9 Å². The van der Waals surface area contributed by atoms with Gasteiger partial charge in [0.05, 0.1) is 11.4 Å². The molecule has 1 aromatic heterocycles. The minimum atomic E-state index is -3.56. The minimum absolute atomic E-state index is 0.0916. The summed E-state index contributed by atoms with van der Waals surface area (Å²) >= 11 is 6.85. The van der Waals surface area contributed by atoms with E-state index in [1.165, 1.54) is 6.07 Å². The number of likely N-dealkylation sites (N-methyl/N-ethyl adjacent to an activating group) is 1. The molecule has 1 N–H and O–H groups in total.